The highest BCUT2D eigenvalue weighted by Crippen LogP contribution is 2.29. The number of nitriles is 1. The van der Waals surface area contributed by atoms with Gasteiger partial charge in [0.25, 0.3) is 0 Å². The SMILES string of the molecule is N#Cc1ccc(CSCC(=O)Nc2cccc(Cl)c2Cl)cc1. The highest BCUT2D eigenvalue weighted by molar-refractivity contribution is 7.99. The zero-order valence-electron chi connectivity index (χ0n) is 11.5. The van der Waals surface area contributed by atoms with Crippen LogP contribution in [-0.4, -0.2) is 11.7 Å². The Morgan fingerprint density at radius 1 is 1.18 bits per heavy atom. The van der Waals surface area contributed by atoms with Gasteiger partial charge in [0.05, 0.1) is 33.1 Å². The average molecular weight is 351 g/mol. The molecule has 22 heavy (non-hydrogen) atoms. The van der Waals surface area contributed by atoms with Gasteiger partial charge in [0.1, 0.15) is 0 Å². The van der Waals surface area contributed by atoms with Crippen LogP contribution in [0.4, 0.5) is 5.69 Å². The molecule has 0 aromatic heterocycles. The summed E-state index contributed by atoms with van der Waals surface area (Å²) >= 11 is 13.4. The van der Waals surface area contributed by atoms with E-state index in [1.807, 2.05) is 12.1 Å². The molecule has 0 heterocycles. The van der Waals surface area contributed by atoms with Gasteiger partial charge >= 0.3 is 0 Å². The second-order valence-corrected chi connectivity index (χ2v) is 6.22. The minimum Gasteiger partial charge on any atom is -0.324 e. The lowest BCUT2D eigenvalue weighted by Gasteiger charge is -2.08. The molecule has 2 aromatic carbocycles. The van der Waals surface area contributed by atoms with Gasteiger partial charge in [0.15, 0.2) is 0 Å². The van der Waals surface area contributed by atoms with Crippen LogP contribution in [-0.2, 0) is 10.5 Å². The largest absolute Gasteiger partial charge is 0.324 e. The van der Waals surface area contributed by atoms with Crippen molar-refractivity contribution in [1.29, 1.82) is 5.26 Å². The second kappa shape index (κ2) is 8.09. The molecule has 0 radical (unpaired) electrons. The summed E-state index contributed by atoms with van der Waals surface area (Å²) in [5.41, 5.74) is 2.21. The van der Waals surface area contributed by atoms with Crippen molar-refractivity contribution in [3.05, 3.63) is 63.6 Å². The van der Waals surface area contributed by atoms with E-state index in [4.69, 9.17) is 28.5 Å². The molecule has 0 spiro atoms. The summed E-state index contributed by atoms with van der Waals surface area (Å²) in [4.78, 5) is 11.9. The maximum atomic E-state index is 11.9. The van der Waals surface area contributed by atoms with Gasteiger partial charge in [-0.1, -0.05) is 41.4 Å². The minimum atomic E-state index is -0.136. The average Bonchev–Trinajstić information content (AvgIpc) is 2.52. The van der Waals surface area contributed by atoms with Crippen LogP contribution in [0.1, 0.15) is 11.1 Å². The van der Waals surface area contributed by atoms with Crippen molar-refractivity contribution < 1.29 is 4.79 Å². The van der Waals surface area contributed by atoms with Gasteiger partial charge in [-0.05, 0) is 29.8 Å². The summed E-state index contributed by atoms with van der Waals surface area (Å²) in [6, 6.07) is 14.5. The normalized spacial score (nSPS) is 10.0. The van der Waals surface area contributed by atoms with Crippen molar-refractivity contribution in [1.82, 2.24) is 0 Å². The van der Waals surface area contributed by atoms with E-state index >= 15 is 0 Å². The Kier molecular flexibility index (Phi) is 6.14. The molecule has 0 saturated heterocycles. The van der Waals surface area contributed by atoms with Crippen molar-refractivity contribution in [3.63, 3.8) is 0 Å². The molecule has 6 heteroatoms. The number of halogens is 2. The van der Waals surface area contributed by atoms with Crippen molar-refractivity contribution in [2.75, 3.05) is 11.1 Å². The van der Waals surface area contributed by atoms with E-state index in [0.717, 1.165) is 5.56 Å². The first-order valence-corrected chi connectivity index (χ1v) is 8.32. The van der Waals surface area contributed by atoms with Crippen LogP contribution < -0.4 is 5.32 Å². The molecular weight excluding hydrogens is 339 g/mol. The molecule has 1 amide bonds. The summed E-state index contributed by atoms with van der Waals surface area (Å²) in [5.74, 6) is 0.869. The van der Waals surface area contributed by atoms with Crippen molar-refractivity contribution in [3.8, 4) is 6.07 Å². The third-order valence-corrected chi connectivity index (χ3v) is 4.63. The van der Waals surface area contributed by atoms with E-state index in [1.165, 1.54) is 11.8 Å². The van der Waals surface area contributed by atoms with Crippen LogP contribution >= 0.6 is 35.0 Å². The fraction of sp³-hybridized carbons (Fsp3) is 0.125. The highest BCUT2D eigenvalue weighted by atomic mass is 35.5. The third kappa shape index (κ3) is 4.67. The summed E-state index contributed by atoms with van der Waals surface area (Å²) < 4.78 is 0. The highest BCUT2D eigenvalue weighted by Gasteiger charge is 2.08. The van der Waals surface area contributed by atoms with Gasteiger partial charge in [0, 0.05) is 5.75 Å². The number of rotatable bonds is 5. The van der Waals surface area contributed by atoms with Gasteiger partial charge < -0.3 is 5.32 Å². The second-order valence-electron chi connectivity index (χ2n) is 4.45. The number of amides is 1. The first-order valence-electron chi connectivity index (χ1n) is 6.41. The molecule has 3 nitrogen and oxygen atoms in total. The monoisotopic (exact) mass is 350 g/mol. The Morgan fingerprint density at radius 2 is 1.91 bits per heavy atom. The molecule has 0 aliphatic carbocycles. The molecule has 0 saturated carbocycles. The number of benzene rings is 2. The van der Waals surface area contributed by atoms with Crippen LogP contribution in [0, 0.1) is 11.3 Å². The molecule has 2 rings (SSSR count). The van der Waals surface area contributed by atoms with Gasteiger partial charge in [-0.2, -0.15) is 5.26 Å². The number of nitrogens with one attached hydrogen (secondary N) is 1. The zero-order valence-corrected chi connectivity index (χ0v) is 13.8. The van der Waals surface area contributed by atoms with Crippen LogP contribution in [0.15, 0.2) is 42.5 Å². The topological polar surface area (TPSA) is 52.9 Å². The first kappa shape index (κ1) is 16.7. The molecule has 0 aliphatic rings. The van der Waals surface area contributed by atoms with Crippen LogP contribution in [0.2, 0.25) is 10.0 Å². The molecule has 112 valence electrons. The van der Waals surface area contributed by atoms with E-state index in [0.29, 0.717) is 32.8 Å². The van der Waals surface area contributed by atoms with Crippen molar-refractivity contribution in [2.45, 2.75) is 5.75 Å². The van der Waals surface area contributed by atoms with Gasteiger partial charge in [0.2, 0.25) is 5.91 Å². The molecule has 0 unspecified atom stereocenters. The smallest absolute Gasteiger partial charge is 0.234 e. The van der Waals surface area contributed by atoms with Gasteiger partial charge in [-0.3, -0.25) is 4.79 Å². The van der Waals surface area contributed by atoms with Crippen LogP contribution in [0.3, 0.4) is 0 Å². The fourth-order valence-corrected chi connectivity index (χ4v) is 2.86. The first-order chi connectivity index (χ1) is 10.6. The predicted octanol–water partition coefficient (Wildman–Crippen LogP) is 4.74. The molecule has 0 aliphatic heterocycles. The number of carbonyl (C=O) groups excluding carboxylic acids is 1. The maximum absolute atomic E-state index is 11.9. The molecule has 2 aromatic rings. The van der Waals surface area contributed by atoms with E-state index in [-0.39, 0.29) is 5.91 Å². The number of nitrogens with zero attached hydrogens (tertiary/aromatic N) is 1. The Balaban J connectivity index is 1.82. The standard InChI is InChI=1S/C16H12Cl2N2OS/c17-13-2-1-3-14(16(13)18)20-15(21)10-22-9-12-6-4-11(8-19)5-7-12/h1-7H,9-10H2,(H,20,21). The van der Waals surface area contributed by atoms with E-state index < -0.39 is 0 Å². The Labute approximate surface area is 143 Å². The Bertz CT molecular complexity index is 711. The van der Waals surface area contributed by atoms with Gasteiger partial charge in [-0.25, -0.2) is 0 Å². The summed E-state index contributed by atoms with van der Waals surface area (Å²) in [5, 5.41) is 12.2. The maximum Gasteiger partial charge on any atom is 0.234 e. The number of carbonyl (C=O) groups is 1. The van der Waals surface area contributed by atoms with Crippen LogP contribution in [0.25, 0.3) is 0 Å². The Hall–Kier alpha value is -1.67. The minimum absolute atomic E-state index is 0.136. The molecule has 0 bridgehead atoms. The quantitative estimate of drug-likeness (QED) is 0.847. The number of hydrogen-bond donors (Lipinski definition) is 1. The third-order valence-electron chi connectivity index (χ3n) is 2.81. The van der Waals surface area contributed by atoms with Gasteiger partial charge in [-0.15, -0.1) is 11.8 Å². The summed E-state index contributed by atoms with van der Waals surface area (Å²) in [6.07, 6.45) is 0. The summed E-state index contributed by atoms with van der Waals surface area (Å²) in [7, 11) is 0. The number of anilines is 1. The predicted molar refractivity (Wildman–Crippen MR) is 92.4 cm³/mol. The molecule has 0 fully saturated rings. The van der Waals surface area contributed by atoms with E-state index in [9.17, 15) is 4.79 Å². The van der Waals surface area contributed by atoms with E-state index in [2.05, 4.69) is 11.4 Å². The number of thioether (sulfide) groups is 1. The van der Waals surface area contributed by atoms with Crippen LogP contribution in [0.5, 0.6) is 0 Å². The number of hydrogen-bond acceptors (Lipinski definition) is 3. The van der Waals surface area contributed by atoms with E-state index in [1.54, 1.807) is 30.3 Å². The zero-order chi connectivity index (χ0) is 15.9. The molecule has 0 atom stereocenters. The fourth-order valence-electron chi connectivity index (χ4n) is 1.72. The van der Waals surface area contributed by atoms with Crippen molar-refractivity contribution >= 4 is 46.6 Å². The lowest BCUT2D eigenvalue weighted by molar-refractivity contribution is -0.113. The summed E-state index contributed by atoms with van der Waals surface area (Å²) in [6.45, 7) is 0. The lowest BCUT2D eigenvalue weighted by atomic mass is 10.2. The van der Waals surface area contributed by atoms with Crippen molar-refractivity contribution in [2.24, 2.45) is 0 Å². The molecular formula is C16H12Cl2N2OS. The Morgan fingerprint density at radius 3 is 2.59 bits per heavy atom. The lowest BCUT2D eigenvalue weighted by Crippen LogP contribution is -2.14. The molecule has 1 N–H and O–H groups in total.